The molecule has 2 nitrogen and oxygen atoms in total. The topological polar surface area (TPSA) is 24.9 Å². The fourth-order valence-corrected chi connectivity index (χ4v) is 4.90. The summed E-state index contributed by atoms with van der Waals surface area (Å²) in [6.07, 6.45) is 3.66. The largest absolute Gasteiger partial charge is 0.319 e. The molecule has 21 heavy (non-hydrogen) atoms. The van der Waals surface area contributed by atoms with Crippen LogP contribution in [-0.4, -0.2) is 18.6 Å². The highest BCUT2D eigenvalue weighted by atomic mass is 32.2. The Morgan fingerprint density at radius 2 is 2.38 bits per heavy atom. The number of fused-ring (bicyclic) bond motifs is 1. The number of nitrogens with one attached hydrogen (secondary N) is 1. The molecule has 1 aliphatic carbocycles. The Bertz CT molecular complexity index is 612. The van der Waals surface area contributed by atoms with Gasteiger partial charge in [-0.15, -0.1) is 23.1 Å². The Hall–Kier alpha value is -0.910. The van der Waals surface area contributed by atoms with Crippen molar-refractivity contribution in [2.24, 2.45) is 0 Å². The molecule has 0 radical (unpaired) electrons. The Kier molecular flexibility index (Phi) is 4.93. The van der Waals surface area contributed by atoms with Gasteiger partial charge in [-0.2, -0.15) is 0 Å². The number of aryl methyl sites for hydroxylation is 1. The second kappa shape index (κ2) is 6.90. The van der Waals surface area contributed by atoms with Crippen molar-refractivity contribution >= 4 is 23.1 Å². The first-order chi connectivity index (χ1) is 10.3. The zero-order valence-corrected chi connectivity index (χ0v) is 13.7. The quantitative estimate of drug-likeness (QED) is 0.835. The van der Waals surface area contributed by atoms with E-state index >= 15 is 0 Å². The third-order valence-electron chi connectivity index (χ3n) is 3.72. The lowest BCUT2D eigenvalue weighted by Gasteiger charge is -2.20. The van der Waals surface area contributed by atoms with Gasteiger partial charge in [-0.3, -0.25) is 0 Å². The summed E-state index contributed by atoms with van der Waals surface area (Å²) in [5.74, 6) is 1.21. The summed E-state index contributed by atoms with van der Waals surface area (Å²) in [7, 11) is 2.00. The summed E-state index contributed by atoms with van der Waals surface area (Å²) in [6.45, 7) is 1.01. The SMILES string of the molecule is CNCC1CCCc2sc(CSc3cccc(F)c3)nc21. The van der Waals surface area contributed by atoms with Gasteiger partial charge in [0.15, 0.2) is 0 Å². The van der Waals surface area contributed by atoms with Gasteiger partial charge in [-0.05, 0) is 44.5 Å². The van der Waals surface area contributed by atoms with Crippen molar-refractivity contribution in [3.63, 3.8) is 0 Å². The van der Waals surface area contributed by atoms with E-state index in [4.69, 9.17) is 4.98 Å². The summed E-state index contributed by atoms with van der Waals surface area (Å²) in [6, 6.07) is 6.77. The lowest BCUT2D eigenvalue weighted by Crippen LogP contribution is -2.21. The molecule has 112 valence electrons. The van der Waals surface area contributed by atoms with E-state index in [1.807, 2.05) is 24.5 Å². The molecule has 1 aromatic heterocycles. The number of thioether (sulfide) groups is 1. The standard InChI is InChI=1S/C16H19FN2S2/c1-18-9-11-4-2-7-14-16(11)19-15(21-14)10-20-13-6-3-5-12(17)8-13/h3,5-6,8,11,18H,2,4,7,9-10H2,1H3. The van der Waals surface area contributed by atoms with E-state index in [1.165, 1.54) is 29.5 Å². The number of hydrogen-bond donors (Lipinski definition) is 1. The van der Waals surface area contributed by atoms with Crippen LogP contribution in [0.3, 0.4) is 0 Å². The van der Waals surface area contributed by atoms with Crippen molar-refractivity contribution < 1.29 is 4.39 Å². The number of likely N-dealkylation sites (N-methyl/N-ethyl adjacent to an activating group) is 1. The van der Waals surface area contributed by atoms with Gasteiger partial charge in [0.25, 0.3) is 0 Å². The van der Waals surface area contributed by atoms with Crippen molar-refractivity contribution in [1.82, 2.24) is 10.3 Å². The summed E-state index contributed by atoms with van der Waals surface area (Å²) in [5.41, 5.74) is 1.30. The molecule has 1 unspecified atom stereocenters. The summed E-state index contributed by atoms with van der Waals surface area (Å²) >= 11 is 3.49. The summed E-state index contributed by atoms with van der Waals surface area (Å²) < 4.78 is 13.2. The number of aromatic nitrogens is 1. The normalized spacial score (nSPS) is 17.7. The second-order valence-corrected chi connectivity index (χ2v) is 7.53. The minimum atomic E-state index is -0.174. The van der Waals surface area contributed by atoms with Crippen molar-refractivity contribution in [2.75, 3.05) is 13.6 Å². The van der Waals surface area contributed by atoms with Crippen LogP contribution in [0.25, 0.3) is 0 Å². The molecule has 0 bridgehead atoms. The monoisotopic (exact) mass is 322 g/mol. The number of hydrogen-bond acceptors (Lipinski definition) is 4. The Balaban J connectivity index is 1.69. The van der Waals surface area contributed by atoms with Crippen LogP contribution in [0, 0.1) is 5.82 Å². The maximum Gasteiger partial charge on any atom is 0.124 e. The van der Waals surface area contributed by atoms with Gasteiger partial charge >= 0.3 is 0 Å². The minimum absolute atomic E-state index is 0.174. The number of nitrogens with zero attached hydrogens (tertiary/aromatic N) is 1. The lowest BCUT2D eigenvalue weighted by molar-refractivity contribution is 0.522. The molecule has 1 aromatic carbocycles. The smallest absolute Gasteiger partial charge is 0.124 e. The average Bonchev–Trinajstić information content (AvgIpc) is 2.90. The van der Waals surface area contributed by atoms with Crippen LogP contribution in [0.2, 0.25) is 0 Å². The molecule has 1 N–H and O–H groups in total. The van der Waals surface area contributed by atoms with Crippen molar-refractivity contribution in [3.8, 4) is 0 Å². The van der Waals surface area contributed by atoms with Crippen LogP contribution in [0.1, 0.15) is 34.3 Å². The summed E-state index contributed by atoms with van der Waals surface area (Å²) in [4.78, 5) is 7.27. The van der Waals surface area contributed by atoms with Crippen LogP contribution < -0.4 is 5.32 Å². The van der Waals surface area contributed by atoms with E-state index in [1.54, 1.807) is 23.9 Å². The Labute approximate surface area is 133 Å². The fraction of sp³-hybridized carbons (Fsp3) is 0.438. The van der Waals surface area contributed by atoms with Crippen LogP contribution in [0.4, 0.5) is 4.39 Å². The number of rotatable bonds is 5. The lowest BCUT2D eigenvalue weighted by atomic mass is 9.91. The maximum absolute atomic E-state index is 13.2. The van der Waals surface area contributed by atoms with E-state index in [2.05, 4.69) is 5.32 Å². The van der Waals surface area contributed by atoms with Crippen LogP contribution in [-0.2, 0) is 12.2 Å². The van der Waals surface area contributed by atoms with E-state index in [9.17, 15) is 4.39 Å². The van der Waals surface area contributed by atoms with E-state index in [-0.39, 0.29) is 5.82 Å². The van der Waals surface area contributed by atoms with E-state index in [0.717, 1.165) is 28.6 Å². The molecule has 1 atom stereocenters. The fourth-order valence-electron chi connectivity index (χ4n) is 2.77. The molecule has 2 aromatic rings. The molecule has 0 spiro atoms. The van der Waals surface area contributed by atoms with Gasteiger partial charge in [0.1, 0.15) is 10.8 Å². The minimum Gasteiger partial charge on any atom is -0.319 e. The van der Waals surface area contributed by atoms with Crippen molar-refractivity contribution in [2.45, 2.75) is 35.8 Å². The molecule has 0 saturated heterocycles. The van der Waals surface area contributed by atoms with Gasteiger partial charge in [-0.25, -0.2) is 9.37 Å². The molecule has 1 heterocycles. The molecular weight excluding hydrogens is 303 g/mol. The second-order valence-electron chi connectivity index (χ2n) is 5.31. The molecular formula is C16H19FN2S2. The van der Waals surface area contributed by atoms with Gasteiger partial charge in [0.05, 0.1) is 11.4 Å². The first-order valence-electron chi connectivity index (χ1n) is 7.27. The third-order valence-corrected chi connectivity index (χ3v) is 6.04. The molecule has 0 amide bonds. The van der Waals surface area contributed by atoms with Gasteiger partial charge < -0.3 is 5.32 Å². The van der Waals surface area contributed by atoms with Crippen LogP contribution in [0.5, 0.6) is 0 Å². The molecule has 5 heteroatoms. The van der Waals surface area contributed by atoms with Crippen molar-refractivity contribution in [3.05, 3.63) is 45.7 Å². The predicted molar refractivity (Wildman–Crippen MR) is 87.7 cm³/mol. The maximum atomic E-state index is 13.2. The van der Waals surface area contributed by atoms with Gasteiger partial charge in [-0.1, -0.05) is 6.07 Å². The van der Waals surface area contributed by atoms with Gasteiger partial charge in [0.2, 0.25) is 0 Å². The number of benzene rings is 1. The number of thiazole rings is 1. The highest BCUT2D eigenvalue weighted by molar-refractivity contribution is 7.98. The van der Waals surface area contributed by atoms with Crippen molar-refractivity contribution in [1.29, 1.82) is 0 Å². The molecule has 3 rings (SSSR count). The summed E-state index contributed by atoms with van der Waals surface area (Å²) in [5, 5.41) is 4.43. The highest BCUT2D eigenvalue weighted by Gasteiger charge is 2.24. The van der Waals surface area contributed by atoms with E-state index in [0.29, 0.717) is 5.92 Å². The molecule has 1 aliphatic rings. The molecule has 0 saturated carbocycles. The van der Waals surface area contributed by atoms with Gasteiger partial charge in [0, 0.05) is 22.2 Å². The third kappa shape index (κ3) is 3.65. The van der Waals surface area contributed by atoms with E-state index < -0.39 is 0 Å². The Morgan fingerprint density at radius 1 is 1.48 bits per heavy atom. The Morgan fingerprint density at radius 3 is 3.19 bits per heavy atom. The average molecular weight is 322 g/mol. The number of halogens is 1. The van der Waals surface area contributed by atoms with Crippen LogP contribution >= 0.6 is 23.1 Å². The molecule has 0 fully saturated rings. The predicted octanol–water partition coefficient (Wildman–Crippen LogP) is 4.21. The molecule has 0 aliphatic heterocycles. The zero-order chi connectivity index (χ0) is 14.7. The first kappa shape index (κ1) is 15.0. The zero-order valence-electron chi connectivity index (χ0n) is 12.1. The van der Waals surface area contributed by atoms with Crippen LogP contribution in [0.15, 0.2) is 29.2 Å². The first-order valence-corrected chi connectivity index (χ1v) is 9.08. The highest BCUT2D eigenvalue weighted by Crippen LogP contribution is 2.36.